The van der Waals surface area contributed by atoms with Gasteiger partial charge in [-0.15, -0.1) is 0 Å². The molecule has 0 aliphatic carbocycles. The molecule has 0 heterocycles. The Hall–Kier alpha value is -1.44. The molecule has 0 atom stereocenters. The van der Waals surface area contributed by atoms with Gasteiger partial charge in [0.25, 0.3) is 18.1 Å². The van der Waals surface area contributed by atoms with E-state index < -0.39 is 27.9 Å². The maximum Gasteiger partial charge on any atom is 0.261 e. The molecule has 0 unspecified atom stereocenters. The van der Waals surface area contributed by atoms with Crippen LogP contribution in [0.1, 0.15) is 0 Å². The van der Waals surface area contributed by atoms with E-state index in [0.717, 1.165) is 6.07 Å². The molecule has 0 fully saturated rings. The summed E-state index contributed by atoms with van der Waals surface area (Å²) in [5.74, 6) is 0. The third kappa shape index (κ3) is 3.42. The Morgan fingerprint density at radius 3 is 2.14 bits per heavy atom. The first kappa shape index (κ1) is 15.9. The molecule has 0 amide bonds. The number of benzene rings is 2. The van der Waals surface area contributed by atoms with Crippen LogP contribution in [-0.4, -0.2) is 22.9 Å². The molecule has 0 aliphatic heterocycles. The normalized spacial score (nSPS) is 12.1. The van der Waals surface area contributed by atoms with Crippen molar-refractivity contribution in [2.75, 3.05) is 0 Å². The van der Waals surface area contributed by atoms with Crippen molar-refractivity contribution in [2.45, 2.75) is 9.79 Å². The zero-order valence-electron chi connectivity index (χ0n) is 9.95. The van der Waals surface area contributed by atoms with Gasteiger partial charge in [0.1, 0.15) is 0 Å². The van der Waals surface area contributed by atoms with Gasteiger partial charge in [0, 0.05) is 26.8 Å². The number of nitrogens with zero attached hydrogens (tertiary/aromatic N) is 1. The lowest BCUT2D eigenvalue weighted by Crippen LogP contribution is -1.97. The first-order valence-corrected chi connectivity index (χ1v) is 9.80. The second-order valence-corrected chi connectivity index (χ2v) is 9.01. The van der Waals surface area contributed by atoms with Crippen LogP contribution in [0.4, 0.5) is 5.69 Å². The Balaban J connectivity index is 2.98. The minimum atomic E-state index is -4.23. The fraction of sp³-hybridized carbons (Fsp3) is 0. The number of isocyanates is 1. The summed E-state index contributed by atoms with van der Waals surface area (Å²) in [6.45, 7) is 0. The van der Waals surface area contributed by atoms with E-state index in [-0.39, 0.29) is 16.5 Å². The van der Waals surface area contributed by atoms with Crippen molar-refractivity contribution in [3.8, 4) is 0 Å². The maximum absolute atomic E-state index is 11.6. The first-order valence-electron chi connectivity index (χ1n) is 5.18. The molecule has 0 spiro atoms. The number of fused-ring (bicyclic) bond motifs is 1. The third-order valence-electron chi connectivity index (χ3n) is 2.59. The Morgan fingerprint density at radius 1 is 0.952 bits per heavy atom. The molecule has 0 bridgehead atoms. The number of halogens is 2. The highest BCUT2D eigenvalue weighted by molar-refractivity contribution is 8.14. The first-order chi connectivity index (χ1) is 9.63. The molecular formula is C11H5Cl2NO5S2. The molecule has 6 nitrogen and oxygen atoms in total. The topological polar surface area (TPSA) is 97.7 Å². The molecule has 0 N–H and O–H groups in total. The van der Waals surface area contributed by atoms with E-state index in [0.29, 0.717) is 0 Å². The van der Waals surface area contributed by atoms with E-state index in [9.17, 15) is 21.6 Å². The van der Waals surface area contributed by atoms with Gasteiger partial charge in [-0.25, -0.2) is 21.6 Å². The molecule has 2 aromatic rings. The molecule has 2 aromatic carbocycles. The smallest absolute Gasteiger partial charge is 0.211 e. The van der Waals surface area contributed by atoms with Gasteiger partial charge >= 0.3 is 0 Å². The zero-order valence-corrected chi connectivity index (χ0v) is 13.1. The summed E-state index contributed by atoms with van der Waals surface area (Å²) >= 11 is 0. The fourth-order valence-corrected chi connectivity index (χ4v) is 3.71. The van der Waals surface area contributed by atoms with Gasteiger partial charge in [-0.3, -0.25) is 0 Å². The standard InChI is InChI=1S/C11H5Cl2NO5S2/c12-20(16,17)9-3-7-1-2-8(14-6-15)4-10(7)11(5-9)21(13,18)19/h1-5H. The van der Waals surface area contributed by atoms with E-state index in [4.69, 9.17) is 21.4 Å². The van der Waals surface area contributed by atoms with Gasteiger partial charge in [-0.2, -0.15) is 4.99 Å². The second-order valence-electron chi connectivity index (χ2n) is 3.91. The van der Waals surface area contributed by atoms with Gasteiger partial charge in [0.15, 0.2) is 0 Å². The summed E-state index contributed by atoms with van der Waals surface area (Å²) in [6, 6.07) is 6.10. The van der Waals surface area contributed by atoms with E-state index in [1.165, 1.54) is 30.3 Å². The van der Waals surface area contributed by atoms with E-state index in [1.54, 1.807) is 0 Å². The zero-order chi connectivity index (χ0) is 15.8. The van der Waals surface area contributed by atoms with E-state index in [2.05, 4.69) is 4.99 Å². The summed E-state index contributed by atoms with van der Waals surface area (Å²) in [5.41, 5.74) is 0.153. The van der Waals surface area contributed by atoms with E-state index in [1.807, 2.05) is 0 Å². The van der Waals surface area contributed by atoms with Crippen molar-refractivity contribution in [1.29, 1.82) is 0 Å². The van der Waals surface area contributed by atoms with Crippen molar-refractivity contribution in [1.82, 2.24) is 0 Å². The minimum absolute atomic E-state index is 0.116. The monoisotopic (exact) mass is 365 g/mol. The van der Waals surface area contributed by atoms with Crippen molar-refractivity contribution >= 4 is 62.0 Å². The van der Waals surface area contributed by atoms with Crippen LogP contribution in [0.15, 0.2) is 45.1 Å². The fourth-order valence-electron chi connectivity index (χ4n) is 1.75. The van der Waals surface area contributed by atoms with Crippen LogP contribution in [0.3, 0.4) is 0 Å². The van der Waals surface area contributed by atoms with Gasteiger partial charge in [0.2, 0.25) is 6.08 Å². The molecule has 21 heavy (non-hydrogen) atoms. The summed E-state index contributed by atoms with van der Waals surface area (Å²) in [5, 5.41) is 0.381. The van der Waals surface area contributed by atoms with Crippen molar-refractivity contribution in [3.63, 3.8) is 0 Å². The van der Waals surface area contributed by atoms with Crippen LogP contribution in [0, 0.1) is 0 Å². The predicted octanol–water partition coefficient (Wildman–Crippen LogP) is 2.66. The lowest BCUT2D eigenvalue weighted by atomic mass is 10.1. The number of hydrogen-bond acceptors (Lipinski definition) is 6. The number of carbonyl (C=O) groups excluding carboxylic acids is 1. The summed E-state index contributed by atoms with van der Waals surface area (Å²) < 4.78 is 46.0. The predicted molar refractivity (Wildman–Crippen MR) is 77.8 cm³/mol. The molecule has 0 saturated carbocycles. The average Bonchev–Trinajstić information content (AvgIpc) is 2.35. The van der Waals surface area contributed by atoms with Crippen LogP contribution in [0.5, 0.6) is 0 Å². The second kappa shape index (κ2) is 5.40. The molecule has 0 aromatic heterocycles. The average molecular weight is 366 g/mol. The Labute approximate surface area is 128 Å². The SMILES string of the molecule is O=C=Nc1ccc2cc(S(=O)(=O)Cl)cc(S(=O)(=O)Cl)c2c1. The molecule has 10 heteroatoms. The highest BCUT2D eigenvalue weighted by Crippen LogP contribution is 2.32. The summed E-state index contributed by atoms with van der Waals surface area (Å²) in [4.78, 5) is 12.8. The number of hydrogen-bond donors (Lipinski definition) is 0. The lowest BCUT2D eigenvalue weighted by Gasteiger charge is -2.07. The van der Waals surface area contributed by atoms with Crippen LogP contribution < -0.4 is 0 Å². The van der Waals surface area contributed by atoms with Gasteiger partial charge in [0.05, 0.1) is 15.5 Å². The van der Waals surface area contributed by atoms with Crippen LogP contribution in [0.25, 0.3) is 10.8 Å². The molecular weight excluding hydrogens is 361 g/mol. The Morgan fingerprint density at radius 2 is 1.62 bits per heavy atom. The van der Waals surface area contributed by atoms with Crippen molar-refractivity contribution in [2.24, 2.45) is 4.99 Å². The largest absolute Gasteiger partial charge is 0.261 e. The van der Waals surface area contributed by atoms with Crippen molar-refractivity contribution in [3.05, 3.63) is 30.3 Å². The molecule has 0 saturated heterocycles. The van der Waals surface area contributed by atoms with Gasteiger partial charge < -0.3 is 0 Å². The van der Waals surface area contributed by atoms with Gasteiger partial charge in [-0.05, 0) is 29.7 Å². The Bertz CT molecular complexity index is 993. The quantitative estimate of drug-likeness (QED) is 0.473. The molecule has 0 radical (unpaired) electrons. The molecule has 110 valence electrons. The Kier molecular flexibility index (Phi) is 4.10. The minimum Gasteiger partial charge on any atom is -0.211 e. The number of aliphatic imine (C=N–C) groups is 1. The molecule has 2 rings (SSSR count). The van der Waals surface area contributed by atoms with Crippen LogP contribution in [-0.2, 0) is 22.9 Å². The number of rotatable bonds is 3. The highest BCUT2D eigenvalue weighted by atomic mass is 35.7. The highest BCUT2D eigenvalue weighted by Gasteiger charge is 2.20. The van der Waals surface area contributed by atoms with E-state index >= 15 is 0 Å². The third-order valence-corrected chi connectivity index (χ3v) is 5.29. The lowest BCUT2D eigenvalue weighted by molar-refractivity contribution is 0.565. The van der Waals surface area contributed by atoms with Crippen LogP contribution >= 0.6 is 21.4 Å². The summed E-state index contributed by atoms with van der Waals surface area (Å²) in [6.07, 6.45) is 1.32. The maximum atomic E-state index is 11.6. The van der Waals surface area contributed by atoms with Crippen molar-refractivity contribution < 1.29 is 21.6 Å². The summed E-state index contributed by atoms with van der Waals surface area (Å²) in [7, 11) is 2.17. The molecule has 0 aliphatic rings. The van der Waals surface area contributed by atoms with Gasteiger partial charge in [-0.1, -0.05) is 6.07 Å². The van der Waals surface area contributed by atoms with Crippen LogP contribution in [0.2, 0.25) is 0 Å².